The van der Waals surface area contributed by atoms with Crippen molar-refractivity contribution in [3.8, 4) is 17.2 Å². The van der Waals surface area contributed by atoms with Crippen LogP contribution in [0.25, 0.3) is 0 Å². The first-order valence-electron chi connectivity index (χ1n) is 7.83. The molecule has 0 saturated heterocycles. The van der Waals surface area contributed by atoms with Crippen LogP contribution >= 0.6 is 11.6 Å². The van der Waals surface area contributed by atoms with Crippen molar-refractivity contribution in [3.05, 3.63) is 64.6 Å². The van der Waals surface area contributed by atoms with E-state index in [4.69, 9.17) is 21.1 Å². The van der Waals surface area contributed by atoms with Crippen molar-refractivity contribution in [3.63, 3.8) is 0 Å². The van der Waals surface area contributed by atoms with Crippen LogP contribution in [0.5, 0.6) is 17.2 Å². The fourth-order valence-electron chi connectivity index (χ4n) is 2.37. The predicted octanol–water partition coefficient (Wildman–Crippen LogP) is 3.55. The molecule has 1 aliphatic rings. The van der Waals surface area contributed by atoms with Gasteiger partial charge in [-0.05, 0) is 24.3 Å². The molecule has 0 aromatic heterocycles. The number of ether oxygens (including phenoxy) is 2. The Balaban J connectivity index is 1.90. The molecule has 0 atom stereocenters. The number of benzene rings is 2. The number of hydrogen-bond donors (Lipinski definition) is 1. The van der Waals surface area contributed by atoms with Crippen molar-refractivity contribution in [2.24, 2.45) is 4.99 Å². The Labute approximate surface area is 159 Å². The standard InChI is InChI=1S/C19H14ClFN2O4/c1-26-18-7-12(21)3-5-16(18)27-17-6-11(20)2-4-15(17)19(25)23-13-8-14(24)10-22-9-13/h2-9H,10H2,1H3,(H,23,25). The van der Waals surface area contributed by atoms with Crippen LogP contribution in [0, 0.1) is 5.82 Å². The molecule has 0 unspecified atom stereocenters. The second kappa shape index (κ2) is 8.01. The van der Waals surface area contributed by atoms with Crippen LogP contribution in [0.15, 0.2) is 53.2 Å². The maximum atomic E-state index is 13.4. The maximum absolute atomic E-state index is 13.4. The minimum Gasteiger partial charge on any atom is -0.493 e. The number of nitrogens with zero attached hydrogens (tertiary/aromatic N) is 1. The number of amides is 1. The molecular formula is C19H14ClFN2O4. The molecule has 1 amide bonds. The van der Waals surface area contributed by atoms with Gasteiger partial charge in [-0.3, -0.25) is 14.6 Å². The average molecular weight is 389 g/mol. The van der Waals surface area contributed by atoms with Gasteiger partial charge in [-0.15, -0.1) is 0 Å². The number of nitrogens with one attached hydrogen (secondary N) is 1. The van der Waals surface area contributed by atoms with Crippen molar-refractivity contribution in [2.45, 2.75) is 0 Å². The molecule has 0 radical (unpaired) electrons. The molecule has 0 spiro atoms. The van der Waals surface area contributed by atoms with Crippen LogP contribution in [0.3, 0.4) is 0 Å². The lowest BCUT2D eigenvalue weighted by Gasteiger charge is -2.14. The smallest absolute Gasteiger partial charge is 0.259 e. The van der Waals surface area contributed by atoms with Gasteiger partial charge in [0.2, 0.25) is 0 Å². The van der Waals surface area contributed by atoms with Crippen molar-refractivity contribution in [2.75, 3.05) is 13.7 Å². The Morgan fingerprint density at radius 1 is 1.19 bits per heavy atom. The number of allylic oxidation sites excluding steroid dienone is 1. The highest BCUT2D eigenvalue weighted by atomic mass is 35.5. The Kier molecular flexibility index (Phi) is 5.52. The molecule has 3 rings (SSSR count). The molecule has 8 heteroatoms. The predicted molar refractivity (Wildman–Crippen MR) is 98.4 cm³/mol. The number of ketones is 1. The van der Waals surface area contributed by atoms with Gasteiger partial charge in [-0.25, -0.2) is 4.39 Å². The topological polar surface area (TPSA) is 77.0 Å². The third-order valence-electron chi connectivity index (χ3n) is 3.59. The largest absolute Gasteiger partial charge is 0.493 e. The van der Waals surface area contributed by atoms with Gasteiger partial charge in [0.25, 0.3) is 5.91 Å². The second-order valence-electron chi connectivity index (χ2n) is 5.53. The van der Waals surface area contributed by atoms with E-state index >= 15 is 0 Å². The van der Waals surface area contributed by atoms with Gasteiger partial charge < -0.3 is 14.8 Å². The fraction of sp³-hybridized carbons (Fsp3) is 0.105. The van der Waals surface area contributed by atoms with Gasteiger partial charge in [-0.1, -0.05) is 11.6 Å². The fourth-order valence-corrected chi connectivity index (χ4v) is 2.53. The molecular weight excluding hydrogens is 375 g/mol. The van der Waals surface area contributed by atoms with Gasteiger partial charge in [0.1, 0.15) is 18.1 Å². The zero-order valence-electron chi connectivity index (χ0n) is 14.2. The van der Waals surface area contributed by atoms with Crippen LogP contribution in [0.4, 0.5) is 4.39 Å². The van der Waals surface area contributed by atoms with Crippen molar-refractivity contribution >= 4 is 29.5 Å². The summed E-state index contributed by atoms with van der Waals surface area (Å²) in [5.41, 5.74) is 0.439. The highest BCUT2D eigenvalue weighted by Gasteiger charge is 2.18. The number of halogens is 2. The Bertz CT molecular complexity index is 972. The summed E-state index contributed by atoms with van der Waals surface area (Å²) in [6, 6.07) is 8.20. The van der Waals surface area contributed by atoms with E-state index in [1.165, 1.54) is 49.7 Å². The molecule has 1 N–H and O–H groups in total. The summed E-state index contributed by atoms with van der Waals surface area (Å²) in [5.74, 6) is -0.703. The molecule has 27 heavy (non-hydrogen) atoms. The van der Waals surface area contributed by atoms with Crippen molar-refractivity contribution < 1.29 is 23.5 Å². The number of hydrogen-bond acceptors (Lipinski definition) is 5. The third-order valence-corrected chi connectivity index (χ3v) is 3.82. The number of aliphatic imine (C=N–C) groups is 1. The number of dihydropyridines is 1. The summed E-state index contributed by atoms with van der Waals surface area (Å²) in [6.45, 7) is 0.0546. The zero-order valence-corrected chi connectivity index (χ0v) is 14.9. The molecule has 0 saturated carbocycles. The van der Waals surface area contributed by atoms with Crippen LogP contribution in [0.1, 0.15) is 10.4 Å². The van der Waals surface area contributed by atoms with E-state index in [0.717, 1.165) is 6.07 Å². The molecule has 0 bridgehead atoms. The first-order valence-corrected chi connectivity index (χ1v) is 8.20. The Morgan fingerprint density at radius 2 is 2.00 bits per heavy atom. The number of rotatable bonds is 5. The van der Waals surface area contributed by atoms with E-state index in [2.05, 4.69) is 10.3 Å². The van der Waals surface area contributed by atoms with E-state index < -0.39 is 11.7 Å². The lowest BCUT2D eigenvalue weighted by Crippen LogP contribution is -2.26. The lowest BCUT2D eigenvalue weighted by molar-refractivity contribution is -0.113. The van der Waals surface area contributed by atoms with Gasteiger partial charge in [0, 0.05) is 29.4 Å². The van der Waals surface area contributed by atoms with Gasteiger partial charge in [0.15, 0.2) is 17.3 Å². The lowest BCUT2D eigenvalue weighted by atomic mass is 10.1. The molecule has 2 aromatic carbocycles. The molecule has 1 aliphatic heterocycles. The Morgan fingerprint density at radius 3 is 2.74 bits per heavy atom. The first-order chi connectivity index (χ1) is 13.0. The molecule has 0 fully saturated rings. The first kappa shape index (κ1) is 18.6. The molecule has 1 heterocycles. The van der Waals surface area contributed by atoms with Crippen molar-refractivity contribution in [1.82, 2.24) is 5.32 Å². The minimum absolute atomic E-state index is 0.0546. The van der Waals surface area contributed by atoms with Gasteiger partial charge in [0.05, 0.1) is 18.4 Å². The van der Waals surface area contributed by atoms with Gasteiger partial charge >= 0.3 is 0 Å². The van der Waals surface area contributed by atoms with E-state index in [0.29, 0.717) is 5.02 Å². The van der Waals surface area contributed by atoms with Crippen LogP contribution in [-0.4, -0.2) is 31.6 Å². The Hall–Kier alpha value is -3.19. The zero-order chi connectivity index (χ0) is 19.4. The summed E-state index contributed by atoms with van der Waals surface area (Å²) in [5, 5.41) is 2.93. The summed E-state index contributed by atoms with van der Waals surface area (Å²) >= 11 is 6.02. The van der Waals surface area contributed by atoms with Crippen molar-refractivity contribution in [1.29, 1.82) is 0 Å². The highest BCUT2D eigenvalue weighted by Crippen LogP contribution is 2.35. The third kappa shape index (κ3) is 4.51. The molecule has 0 aliphatic carbocycles. The number of carbonyl (C=O) groups is 2. The summed E-state index contributed by atoms with van der Waals surface area (Å²) in [4.78, 5) is 27.9. The SMILES string of the molecule is COc1cc(F)ccc1Oc1cc(Cl)ccc1C(=O)NC1=CC(=O)CN=C1. The highest BCUT2D eigenvalue weighted by molar-refractivity contribution is 6.30. The van der Waals surface area contributed by atoms with E-state index in [9.17, 15) is 14.0 Å². The molecule has 6 nitrogen and oxygen atoms in total. The average Bonchev–Trinajstić information content (AvgIpc) is 2.63. The van der Waals surface area contributed by atoms with Crippen LogP contribution in [0.2, 0.25) is 5.02 Å². The summed E-state index contributed by atoms with van der Waals surface area (Å²) < 4.78 is 24.2. The van der Waals surface area contributed by atoms with Crippen LogP contribution < -0.4 is 14.8 Å². The van der Waals surface area contributed by atoms with Gasteiger partial charge in [-0.2, -0.15) is 0 Å². The maximum Gasteiger partial charge on any atom is 0.259 e. The minimum atomic E-state index is -0.518. The van der Waals surface area contributed by atoms with E-state index in [1.54, 1.807) is 0 Å². The normalized spacial score (nSPS) is 13.1. The number of carbonyl (C=O) groups excluding carboxylic acids is 2. The summed E-state index contributed by atoms with van der Waals surface area (Å²) in [7, 11) is 1.37. The van der Waals surface area contributed by atoms with E-state index in [-0.39, 0.29) is 40.8 Å². The van der Waals surface area contributed by atoms with Crippen LogP contribution in [-0.2, 0) is 4.79 Å². The molecule has 138 valence electrons. The quantitative estimate of drug-likeness (QED) is 0.849. The van der Waals surface area contributed by atoms with E-state index in [1.807, 2.05) is 0 Å². The second-order valence-corrected chi connectivity index (χ2v) is 5.96. The molecule has 2 aromatic rings. The number of methoxy groups -OCH3 is 1. The monoisotopic (exact) mass is 388 g/mol. The summed E-state index contributed by atoms with van der Waals surface area (Å²) in [6.07, 6.45) is 2.70.